The predicted octanol–water partition coefficient (Wildman–Crippen LogP) is 3.90. The van der Waals surface area contributed by atoms with Crippen molar-refractivity contribution in [1.82, 2.24) is 9.88 Å². The van der Waals surface area contributed by atoms with E-state index in [1.54, 1.807) is 23.2 Å². The molecule has 1 saturated heterocycles. The van der Waals surface area contributed by atoms with Gasteiger partial charge in [0.1, 0.15) is 5.60 Å². The zero-order valence-electron chi connectivity index (χ0n) is 18.3. The molecular weight excluding hydrogens is 382 g/mol. The standard InChI is InChI=1S/C23H29N3O4/c1-16-12-17(14-18(13-16)21(27)29-5)20-15-19(6-7-24-20)25-8-10-26(11-9-25)22(28)30-23(2,3)4/h6-7,12-15H,8-11H2,1-5H3. The minimum absolute atomic E-state index is 0.271. The van der Waals surface area contributed by atoms with Crippen molar-refractivity contribution in [3.05, 3.63) is 47.7 Å². The number of aryl methyl sites for hydroxylation is 1. The van der Waals surface area contributed by atoms with Gasteiger partial charge in [0, 0.05) is 43.6 Å². The number of piperazine rings is 1. The van der Waals surface area contributed by atoms with Gasteiger partial charge >= 0.3 is 12.1 Å². The molecule has 1 aromatic carbocycles. The molecule has 3 rings (SSSR count). The molecule has 0 saturated carbocycles. The first-order valence-corrected chi connectivity index (χ1v) is 10.1. The molecule has 7 heteroatoms. The van der Waals surface area contributed by atoms with Crippen molar-refractivity contribution in [3.63, 3.8) is 0 Å². The second-order valence-electron chi connectivity index (χ2n) is 8.43. The van der Waals surface area contributed by atoms with E-state index in [9.17, 15) is 9.59 Å². The summed E-state index contributed by atoms with van der Waals surface area (Å²) in [6.07, 6.45) is 1.50. The van der Waals surface area contributed by atoms with Crippen LogP contribution in [-0.4, -0.2) is 60.8 Å². The monoisotopic (exact) mass is 411 g/mol. The van der Waals surface area contributed by atoms with Crippen LogP contribution in [0.1, 0.15) is 36.7 Å². The largest absolute Gasteiger partial charge is 0.465 e. The number of ether oxygens (including phenoxy) is 2. The van der Waals surface area contributed by atoms with Crippen LogP contribution in [-0.2, 0) is 9.47 Å². The average Bonchev–Trinajstić information content (AvgIpc) is 2.71. The third-order valence-corrected chi connectivity index (χ3v) is 4.83. The number of esters is 1. The van der Waals surface area contributed by atoms with Crippen LogP contribution in [0.4, 0.5) is 10.5 Å². The Bertz CT molecular complexity index is 928. The van der Waals surface area contributed by atoms with E-state index in [2.05, 4.69) is 9.88 Å². The van der Waals surface area contributed by atoms with Crippen molar-refractivity contribution in [2.45, 2.75) is 33.3 Å². The fourth-order valence-electron chi connectivity index (χ4n) is 3.41. The number of anilines is 1. The molecule has 0 N–H and O–H groups in total. The molecule has 0 aliphatic carbocycles. The van der Waals surface area contributed by atoms with E-state index < -0.39 is 5.60 Å². The molecule has 1 fully saturated rings. The Morgan fingerprint density at radius 3 is 2.37 bits per heavy atom. The molecule has 30 heavy (non-hydrogen) atoms. The summed E-state index contributed by atoms with van der Waals surface area (Å²) < 4.78 is 10.3. The lowest BCUT2D eigenvalue weighted by Crippen LogP contribution is -2.50. The van der Waals surface area contributed by atoms with E-state index in [-0.39, 0.29) is 12.1 Å². The van der Waals surface area contributed by atoms with Gasteiger partial charge in [-0.05, 0) is 63.6 Å². The molecule has 1 amide bonds. The number of amides is 1. The van der Waals surface area contributed by atoms with Crippen LogP contribution in [0.3, 0.4) is 0 Å². The van der Waals surface area contributed by atoms with Gasteiger partial charge in [0.2, 0.25) is 0 Å². The second-order valence-corrected chi connectivity index (χ2v) is 8.43. The quantitative estimate of drug-likeness (QED) is 0.714. The maximum Gasteiger partial charge on any atom is 0.410 e. The van der Waals surface area contributed by atoms with Crippen LogP contribution >= 0.6 is 0 Å². The lowest BCUT2D eigenvalue weighted by atomic mass is 10.0. The zero-order chi connectivity index (χ0) is 21.9. The number of aromatic nitrogens is 1. The van der Waals surface area contributed by atoms with Crippen molar-refractivity contribution < 1.29 is 19.1 Å². The number of nitrogens with zero attached hydrogens (tertiary/aromatic N) is 3. The first kappa shape index (κ1) is 21.6. The molecule has 0 atom stereocenters. The van der Waals surface area contributed by atoms with Gasteiger partial charge < -0.3 is 19.3 Å². The van der Waals surface area contributed by atoms with E-state index in [0.717, 1.165) is 22.5 Å². The van der Waals surface area contributed by atoms with Crippen LogP contribution in [0.2, 0.25) is 0 Å². The van der Waals surface area contributed by atoms with Gasteiger partial charge in [-0.15, -0.1) is 0 Å². The smallest absolute Gasteiger partial charge is 0.410 e. The highest BCUT2D eigenvalue weighted by Gasteiger charge is 2.26. The SMILES string of the molecule is COC(=O)c1cc(C)cc(-c2cc(N3CCN(C(=O)OC(C)(C)C)CC3)ccn2)c1. The summed E-state index contributed by atoms with van der Waals surface area (Å²) in [4.78, 5) is 32.7. The molecule has 1 aromatic heterocycles. The lowest BCUT2D eigenvalue weighted by molar-refractivity contribution is 0.0240. The number of methoxy groups -OCH3 is 1. The Balaban J connectivity index is 1.74. The topological polar surface area (TPSA) is 72.0 Å². The van der Waals surface area contributed by atoms with E-state index in [4.69, 9.17) is 9.47 Å². The number of hydrogen-bond acceptors (Lipinski definition) is 6. The van der Waals surface area contributed by atoms with Crippen LogP contribution in [0.5, 0.6) is 0 Å². The third kappa shape index (κ3) is 5.28. The van der Waals surface area contributed by atoms with Crippen LogP contribution in [0, 0.1) is 6.92 Å². The van der Waals surface area contributed by atoms with Crippen molar-refractivity contribution >= 4 is 17.7 Å². The Labute approximate surface area is 177 Å². The van der Waals surface area contributed by atoms with Gasteiger partial charge in [-0.25, -0.2) is 9.59 Å². The van der Waals surface area contributed by atoms with Gasteiger partial charge in [0.25, 0.3) is 0 Å². The summed E-state index contributed by atoms with van der Waals surface area (Å²) in [6.45, 7) is 10.2. The summed E-state index contributed by atoms with van der Waals surface area (Å²) >= 11 is 0. The number of rotatable bonds is 3. The second kappa shape index (κ2) is 8.73. The van der Waals surface area contributed by atoms with E-state index in [1.807, 2.05) is 45.9 Å². The third-order valence-electron chi connectivity index (χ3n) is 4.83. The maximum absolute atomic E-state index is 12.3. The molecule has 160 valence electrons. The number of hydrogen-bond donors (Lipinski definition) is 0. The number of pyridine rings is 1. The summed E-state index contributed by atoms with van der Waals surface area (Å²) in [6, 6.07) is 9.57. The first-order chi connectivity index (χ1) is 14.2. The fraction of sp³-hybridized carbons (Fsp3) is 0.435. The summed E-state index contributed by atoms with van der Waals surface area (Å²) in [5.74, 6) is -0.366. The summed E-state index contributed by atoms with van der Waals surface area (Å²) in [5, 5.41) is 0. The molecule has 2 aromatic rings. The minimum atomic E-state index is -0.495. The van der Waals surface area contributed by atoms with Crippen molar-refractivity contribution in [1.29, 1.82) is 0 Å². The Hall–Kier alpha value is -3.09. The van der Waals surface area contributed by atoms with Gasteiger partial charge in [-0.3, -0.25) is 4.98 Å². The zero-order valence-corrected chi connectivity index (χ0v) is 18.3. The van der Waals surface area contributed by atoms with Gasteiger partial charge in [0.05, 0.1) is 18.4 Å². The van der Waals surface area contributed by atoms with Gasteiger partial charge in [-0.1, -0.05) is 0 Å². The van der Waals surface area contributed by atoms with Crippen LogP contribution in [0.15, 0.2) is 36.5 Å². The number of benzene rings is 1. The van der Waals surface area contributed by atoms with E-state index >= 15 is 0 Å². The Kier molecular flexibility index (Phi) is 6.29. The molecule has 0 unspecified atom stereocenters. The lowest BCUT2D eigenvalue weighted by Gasteiger charge is -2.36. The fourth-order valence-corrected chi connectivity index (χ4v) is 3.41. The summed E-state index contributed by atoms with van der Waals surface area (Å²) in [5.41, 5.74) is 3.66. The molecule has 7 nitrogen and oxygen atoms in total. The highest BCUT2D eigenvalue weighted by atomic mass is 16.6. The minimum Gasteiger partial charge on any atom is -0.465 e. The van der Waals surface area contributed by atoms with Crippen molar-refractivity contribution in [2.24, 2.45) is 0 Å². The average molecular weight is 412 g/mol. The van der Waals surface area contributed by atoms with E-state index in [1.165, 1.54) is 7.11 Å². The summed E-state index contributed by atoms with van der Waals surface area (Å²) in [7, 11) is 1.38. The van der Waals surface area contributed by atoms with Crippen LogP contribution in [0.25, 0.3) is 11.3 Å². The molecule has 0 spiro atoms. The molecule has 2 heterocycles. The maximum atomic E-state index is 12.3. The molecular formula is C23H29N3O4. The molecule has 1 aliphatic rings. The van der Waals surface area contributed by atoms with Crippen molar-refractivity contribution in [3.8, 4) is 11.3 Å². The van der Waals surface area contributed by atoms with E-state index in [0.29, 0.717) is 31.7 Å². The molecule has 0 bridgehead atoms. The van der Waals surface area contributed by atoms with Crippen molar-refractivity contribution in [2.75, 3.05) is 38.2 Å². The highest BCUT2D eigenvalue weighted by Crippen LogP contribution is 2.26. The number of carbonyl (C=O) groups is 2. The molecule has 1 aliphatic heterocycles. The predicted molar refractivity (Wildman–Crippen MR) is 116 cm³/mol. The Morgan fingerprint density at radius 2 is 1.73 bits per heavy atom. The first-order valence-electron chi connectivity index (χ1n) is 10.1. The normalized spacial score (nSPS) is 14.4. The Morgan fingerprint density at radius 1 is 1.03 bits per heavy atom. The van der Waals surface area contributed by atoms with Gasteiger partial charge in [-0.2, -0.15) is 0 Å². The highest BCUT2D eigenvalue weighted by molar-refractivity contribution is 5.91. The molecule has 0 radical (unpaired) electrons. The number of carbonyl (C=O) groups excluding carboxylic acids is 2. The van der Waals surface area contributed by atoms with Crippen LogP contribution < -0.4 is 4.90 Å². The van der Waals surface area contributed by atoms with Gasteiger partial charge in [0.15, 0.2) is 0 Å².